The van der Waals surface area contributed by atoms with Crippen LogP contribution in [0.4, 0.5) is 0 Å². The molecular formula is C17H13N3O3S. The van der Waals surface area contributed by atoms with E-state index >= 15 is 0 Å². The highest BCUT2D eigenvalue weighted by Crippen LogP contribution is 2.24. The van der Waals surface area contributed by atoms with Crippen molar-refractivity contribution < 1.29 is 9.21 Å². The maximum atomic E-state index is 12.8. The molecule has 0 aliphatic heterocycles. The van der Waals surface area contributed by atoms with Crippen LogP contribution in [-0.2, 0) is 0 Å². The molecule has 0 bridgehead atoms. The molecule has 6 nitrogen and oxygen atoms in total. The molecule has 0 saturated heterocycles. The van der Waals surface area contributed by atoms with Gasteiger partial charge in [0.2, 0.25) is 0 Å². The Morgan fingerprint density at radius 2 is 2.12 bits per heavy atom. The van der Waals surface area contributed by atoms with E-state index in [1.807, 2.05) is 41.8 Å². The molecule has 7 heteroatoms. The van der Waals surface area contributed by atoms with Crippen molar-refractivity contribution in [1.29, 1.82) is 0 Å². The lowest BCUT2D eigenvalue weighted by molar-refractivity contribution is 0.0925. The Labute approximate surface area is 140 Å². The predicted octanol–water partition coefficient (Wildman–Crippen LogP) is 3.49. The van der Waals surface area contributed by atoms with Gasteiger partial charge in [-0.2, -0.15) is 4.68 Å². The summed E-state index contributed by atoms with van der Waals surface area (Å²) in [5.74, 6) is -0.603. The molecule has 0 amide bonds. The number of ketones is 1. The van der Waals surface area contributed by atoms with Gasteiger partial charge in [0.1, 0.15) is 6.04 Å². The number of nitrogens with zero attached hydrogens (tertiary/aromatic N) is 2. The first-order chi connectivity index (χ1) is 11.6. The first-order valence-corrected chi connectivity index (χ1v) is 8.27. The van der Waals surface area contributed by atoms with Crippen LogP contribution in [0.15, 0.2) is 57.2 Å². The summed E-state index contributed by atoms with van der Waals surface area (Å²) in [6.45, 7) is 1.65. The van der Waals surface area contributed by atoms with Crippen molar-refractivity contribution in [3.05, 3.63) is 64.1 Å². The molecule has 0 spiro atoms. The van der Waals surface area contributed by atoms with E-state index in [2.05, 4.69) is 10.1 Å². The Kier molecular flexibility index (Phi) is 3.42. The van der Waals surface area contributed by atoms with E-state index in [0.717, 1.165) is 20.5 Å². The zero-order valence-electron chi connectivity index (χ0n) is 12.7. The smallest absolute Gasteiger partial charge is 0.387 e. The average molecular weight is 339 g/mol. The Bertz CT molecular complexity index is 1070. The van der Waals surface area contributed by atoms with E-state index in [0.29, 0.717) is 5.56 Å². The van der Waals surface area contributed by atoms with Crippen LogP contribution in [0.5, 0.6) is 0 Å². The Balaban J connectivity index is 1.72. The lowest BCUT2D eigenvalue weighted by Crippen LogP contribution is -2.26. The molecule has 24 heavy (non-hydrogen) atoms. The molecule has 1 unspecified atom stereocenters. The number of thiophene rings is 1. The molecule has 120 valence electrons. The van der Waals surface area contributed by atoms with Gasteiger partial charge in [0.05, 0.1) is 4.88 Å². The number of Topliss-reactive ketones (excluding diaryl/α,β-unsaturated/α-hetero) is 1. The molecule has 0 fully saturated rings. The van der Waals surface area contributed by atoms with Crippen molar-refractivity contribution in [3.8, 4) is 10.8 Å². The van der Waals surface area contributed by atoms with Gasteiger partial charge < -0.3 is 9.40 Å². The highest BCUT2D eigenvalue weighted by atomic mass is 32.1. The molecule has 0 aliphatic carbocycles. The molecule has 0 saturated carbocycles. The number of rotatable bonds is 4. The van der Waals surface area contributed by atoms with Gasteiger partial charge in [-0.1, -0.05) is 24.3 Å². The standard InChI is InChI=1S/C17H13N3O3S/c1-10(15(21)12-9-18-13-6-3-2-5-11(12)13)20-17(22)23-16(19-20)14-7-4-8-24-14/h2-10,18H,1H3. The van der Waals surface area contributed by atoms with Crippen molar-refractivity contribution in [3.63, 3.8) is 0 Å². The number of carbonyl (C=O) groups excluding carboxylic acids is 1. The fraction of sp³-hybridized carbons (Fsp3) is 0.118. The number of fused-ring (bicyclic) bond motifs is 1. The minimum atomic E-state index is -0.755. The summed E-state index contributed by atoms with van der Waals surface area (Å²) in [6, 6.07) is 10.4. The van der Waals surface area contributed by atoms with Crippen molar-refractivity contribution in [2.24, 2.45) is 0 Å². The van der Waals surface area contributed by atoms with Gasteiger partial charge >= 0.3 is 5.76 Å². The van der Waals surface area contributed by atoms with Gasteiger partial charge in [-0.15, -0.1) is 16.4 Å². The third-order valence-corrected chi connectivity index (χ3v) is 4.76. The van der Waals surface area contributed by atoms with Crippen molar-refractivity contribution in [1.82, 2.24) is 14.8 Å². The summed E-state index contributed by atoms with van der Waals surface area (Å²) < 4.78 is 6.28. The number of H-pyrrole nitrogens is 1. The largest absolute Gasteiger partial charge is 0.438 e. The second-order valence-electron chi connectivity index (χ2n) is 5.38. The van der Waals surface area contributed by atoms with Gasteiger partial charge in [0.15, 0.2) is 5.78 Å². The maximum Gasteiger partial charge on any atom is 0.438 e. The van der Waals surface area contributed by atoms with Gasteiger partial charge in [-0.3, -0.25) is 4.79 Å². The molecule has 3 heterocycles. The van der Waals surface area contributed by atoms with Crippen molar-refractivity contribution in [2.75, 3.05) is 0 Å². The van der Waals surface area contributed by atoms with Crippen LogP contribution in [0.25, 0.3) is 21.7 Å². The van der Waals surface area contributed by atoms with Gasteiger partial charge in [0.25, 0.3) is 5.89 Å². The summed E-state index contributed by atoms with van der Waals surface area (Å²) in [4.78, 5) is 28.7. The minimum absolute atomic E-state index is 0.194. The second kappa shape index (κ2) is 5.61. The first-order valence-electron chi connectivity index (χ1n) is 7.39. The molecule has 1 N–H and O–H groups in total. The van der Waals surface area contributed by atoms with Crippen LogP contribution in [0.1, 0.15) is 23.3 Å². The lowest BCUT2D eigenvalue weighted by Gasteiger charge is -2.07. The molecule has 1 atom stereocenters. The molecule has 0 aliphatic rings. The van der Waals surface area contributed by atoms with Gasteiger partial charge in [0, 0.05) is 22.7 Å². The zero-order valence-corrected chi connectivity index (χ0v) is 13.5. The van der Waals surface area contributed by atoms with Gasteiger partial charge in [-0.05, 0) is 24.4 Å². The molecule has 3 aromatic heterocycles. The second-order valence-corrected chi connectivity index (χ2v) is 6.33. The molecular weight excluding hydrogens is 326 g/mol. The lowest BCUT2D eigenvalue weighted by atomic mass is 10.0. The van der Waals surface area contributed by atoms with Crippen LogP contribution in [0.2, 0.25) is 0 Å². The fourth-order valence-corrected chi connectivity index (χ4v) is 3.29. The third-order valence-electron chi connectivity index (χ3n) is 3.90. The van der Waals surface area contributed by atoms with E-state index in [-0.39, 0.29) is 11.7 Å². The molecule has 0 radical (unpaired) electrons. The number of nitrogens with one attached hydrogen (secondary N) is 1. The fourth-order valence-electron chi connectivity index (χ4n) is 2.64. The van der Waals surface area contributed by atoms with Crippen LogP contribution >= 0.6 is 11.3 Å². The van der Waals surface area contributed by atoms with E-state index in [1.54, 1.807) is 13.1 Å². The SMILES string of the molecule is CC(C(=O)c1c[nH]c2ccccc12)n1nc(-c2cccs2)oc1=O. The molecule has 4 aromatic rings. The summed E-state index contributed by atoms with van der Waals surface area (Å²) in [5.41, 5.74) is 1.41. The number of hydrogen-bond donors (Lipinski definition) is 1. The van der Waals surface area contributed by atoms with Crippen LogP contribution in [-0.4, -0.2) is 20.5 Å². The van der Waals surface area contributed by atoms with Crippen LogP contribution < -0.4 is 5.76 Å². The monoisotopic (exact) mass is 339 g/mol. The first kappa shape index (κ1) is 14.6. The summed E-state index contributed by atoms with van der Waals surface area (Å²) >= 11 is 1.42. The van der Waals surface area contributed by atoms with E-state index in [1.165, 1.54) is 11.3 Å². The summed E-state index contributed by atoms with van der Waals surface area (Å²) in [5, 5.41) is 6.87. The molecule has 1 aromatic carbocycles. The Morgan fingerprint density at radius 3 is 2.92 bits per heavy atom. The number of benzene rings is 1. The quantitative estimate of drug-likeness (QED) is 0.577. The van der Waals surface area contributed by atoms with Crippen LogP contribution in [0.3, 0.4) is 0 Å². The third kappa shape index (κ3) is 2.30. The summed E-state index contributed by atoms with van der Waals surface area (Å²) in [7, 11) is 0. The highest BCUT2D eigenvalue weighted by molar-refractivity contribution is 7.13. The van der Waals surface area contributed by atoms with E-state index in [9.17, 15) is 9.59 Å². The molecule has 4 rings (SSSR count). The Hall–Kier alpha value is -2.93. The van der Waals surface area contributed by atoms with E-state index < -0.39 is 11.8 Å². The minimum Gasteiger partial charge on any atom is -0.387 e. The zero-order chi connectivity index (χ0) is 16.7. The number of hydrogen-bond acceptors (Lipinski definition) is 5. The highest BCUT2D eigenvalue weighted by Gasteiger charge is 2.24. The topological polar surface area (TPSA) is 80.9 Å². The normalized spacial score (nSPS) is 12.5. The number of aromatic nitrogens is 3. The Morgan fingerprint density at radius 1 is 1.29 bits per heavy atom. The van der Waals surface area contributed by atoms with Crippen molar-refractivity contribution >= 4 is 28.0 Å². The number of aromatic amines is 1. The predicted molar refractivity (Wildman–Crippen MR) is 91.4 cm³/mol. The number of carbonyl (C=O) groups is 1. The van der Waals surface area contributed by atoms with Crippen molar-refractivity contribution in [2.45, 2.75) is 13.0 Å². The van der Waals surface area contributed by atoms with E-state index in [4.69, 9.17) is 4.42 Å². The van der Waals surface area contributed by atoms with Crippen LogP contribution in [0, 0.1) is 0 Å². The maximum absolute atomic E-state index is 12.8. The van der Waals surface area contributed by atoms with Gasteiger partial charge in [-0.25, -0.2) is 4.79 Å². The number of para-hydroxylation sites is 1. The average Bonchev–Trinajstić information content (AvgIpc) is 3.32. The summed E-state index contributed by atoms with van der Waals surface area (Å²) in [6.07, 6.45) is 1.66.